The molecule has 0 saturated carbocycles. The number of hydrogen-bond acceptors (Lipinski definition) is 3. The van der Waals surface area contributed by atoms with Crippen LogP contribution in [0.4, 0.5) is 0 Å². The van der Waals surface area contributed by atoms with Crippen molar-refractivity contribution in [3.8, 4) is 5.75 Å². The van der Waals surface area contributed by atoms with E-state index in [9.17, 15) is 0 Å². The topological polar surface area (TPSA) is 21.7 Å². The quantitative estimate of drug-likeness (QED) is 0.471. The maximum Gasteiger partial charge on any atom is 0.122 e. The molecule has 0 N–H and O–H groups in total. The maximum atomic E-state index is 6.37. The Bertz CT molecular complexity index is 926. The van der Waals surface area contributed by atoms with Gasteiger partial charge in [-0.1, -0.05) is 78.9 Å². The van der Waals surface area contributed by atoms with E-state index in [-0.39, 0.29) is 18.1 Å². The van der Waals surface area contributed by atoms with Crippen LogP contribution in [-0.4, -0.2) is 36.8 Å². The van der Waals surface area contributed by atoms with Crippen LogP contribution in [0.5, 0.6) is 5.75 Å². The van der Waals surface area contributed by atoms with Gasteiger partial charge in [0.1, 0.15) is 5.75 Å². The van der Waals surface area contributed by atoms with Crippen molar-refractivity contribution in [1.82, 2.24) is 4.90 Å². The van der Waals surface area contributed by atoms with E-state index in [4.69, 9.17) is 9.47 Å². The van der Waals surface area contributed by atoms with Gasteiger partial charge in [-0.2, -0.15) is 0 Å². The number of morpholine rings is 1. The lowest BCUT2D eigenvalue weighted by atomic mass is 9.86. The Morgan fingerprint density at radius 2 is 1.58 bits per heavy atom. The molecule has 3 heteroatoms. The minimum atomic E-state index is 0.145. The van der Waals surface area contributed by atoms with Gasteiger partial charge < -0.3 is 9.47 Å². The van der Waals surface area contributed by atoms with Crippen LogP contribution in [0, 0.1) is 0 Å². The molecule has 4 rings (SSSR count). The van der Waals surface area contributed by atoms with Crippen LogP contribution in [0.15, 0.2) is 84.9 Å². The molecule has 162 valence electrons. The smallest absolute Gasteiger partial charge is 0.122 e. The van der Waals surface area contributed by atoms with Crippen LogP contribution >= 0.6 is 0 Å². The van der Waals surface area contributed by atoms with Gasteiger partial charge in [-0.05, 0) is 43.0 Å². The van der Waals surface area contributed by atoms with Crippen molar-refractivity contribution in [3.63, 3.8) is 0 Å². The van der Waals surface area contributed by atoms with Gasteiger partial charge in [0.05, 0.1) is 18.8 Å². The molecule has 0 aromatic heterocycles. The van der Waals surface area contributed by atoms with E-state index in [1.165, 1.54) is 16.7 Å². The fourth-order valence-electron chi connectivity index (χ4n) is 4.40. The standard InChI is InChI=1S/C28H33NO2/c1-22(2)31-27-16-10-9-15-25(27)19-26(24-13-7-4-8-14-24)28-21-29(17-18-30-28)20-23-11-5-3-6-12-23/h3-16,22,26,28H,17-21H2,1-2H3/t26-,28?/m0/s1. The van der Waals surface area contributed by atoms with Gasteiger partial charge >= 0.3 is 0 Å². The highest BCUT2D eigenvalue weighted by atomic mass is 16.5. The van der Waals surface area contributed by atoms with Crippen LogP contribution in [0.3, 0.4) is 0 Å². The zero-order valence-electron chi connectivity index (χ0n) is 18.6. The molecule has 3 aromatic rings. The Kier molecular flexibility index (Phi) is 7.39. The number of ether oxygens (including phenoxy) is 2. The zero-order chi connectivity index (χ0) is 21.5. The monoisotopic (exact) mass is 415 g/mol. The fourth-order valence-corrected chi connectivity index (χ4v) is 4.40. The van der Waals surface area contributed by atoms with Crippen molar-refractivity contribution in [3.05, 3.63) is 102 Å². The van der Waals surface area contributed by atoms with E-state index in [0.29, 0.717) is 0 Å². The molecular weight excluding hydrogens is 382 g/mol. The Morgan fingerprint density at radius 1 is 0.903 bits per heavy atom. The van der Waals surface area contributed by atoms with E-state index in [1.807, 2.05) is 0 Å². The number of rotatable bonds is 8. The maximum absolute atomic E-state index is 6.37. The third kappa shape index (κ3) is 5.96. The Hall–Kier alpha value is -2.62. The lowest BCUT2D eigenvalue weighted by Crippen LogP contribution is -2.45. The van der Waals surface area contributed by atoms with Gasteiger partial charge in [-0.3, -0.25) is 4.90 Å². The normalized spacial score (nSPS) is 18.1. The molecule has 0 amide bonds. The van der Waals surface area contributed by atoms with Crippen LogP contribution in [0.1, 0.15) is 36.5 Å². The van der Waals surface area contributed by atoms with Crippen molar-refractivity contribution in [1.29, 1.82) is 0 Å². The van der Waals surface area contributed by atoms with Crippen LogP contribution < -0.4 is 4.74 Å². The molecule has 1 aliphatic rings. The van der Waals surface area contributed by atoms with E-state index in [0.717, 1.165) is 38.4 Å². The summed E-state index contributed by atoms with van der Waals surface area (Å²) in [6, 6.07) is 30.0. The average molecular weight is 416 g/mol. The van der Waals surface area contributed by atoms with E-state index >= 15 is 0 Å². The molecule has 1 aliphatic heterocycles. The summed E-state index contributed by atoms with van der Waals surface area (Å²) in [7, 11) is 0. The van der Waals surface area contributed by atoms with E-state index in [1.54, 1.807) is 0 Å². The third-order valence-corrected chi connectivity index (χ3v) is 5.88. The van der Waals surface area contributed by atoms with Gasteiger partial charge in [-0.15, -0.1) is 0 Å². The lowest BCUT2D eigenvalue weighted by Gasteiger charge is -2.37. The average Bonchev–Trinajstić information content (AvgIpc) is 2.79. The van der Waals surface area contributed by atoms with Crippen LogP contribution in [0.2, 0.25) is 0 Å². The summed E-state index contributed by atoms with van der Waals surface area (Å²) in [5.41, 5.74) is 3.93. The molecule has 0 radical (unpaired) electrons. The van der Waals surface area contributed by atoms with Gasteiger partial charge in [0.15, 0.2) is 0 Å². The minimum absolute atomic E-state index is 0.145. The number of nitrogens with zero attached hydrogens (tertiary/aromatic N) is 1. The molecule has 31 heavy (non-hydrogen) atoms. The Labute approximate surface area is 186 Å². The molecule has 2 atom stereocenters. The summed E-state index contributed by atoms with van der Waals surface area (Å²) < 4.78 is 12.5. The number of hydrogen-bond donors (Lipinski definition) is 0. The second-order valence-corrected chi connectivity index (χ2v) is 8.63. The summed E-state index contributed by atoms with van der Waals surface area (Å²) in [4.78, 5) is 2.52. The summed E-state index contributed by atoms with van der Waals surface area (Å²) >= 11 is 0. The molecule has 0 spiro atoms. The molecule has 3 nitrogen and oxygen atoms in total. The second-order valence-electron chi connectivity index (χ2n) is 8.63. The minimum Gasteiger partial charge on any atom is -0.491 e. The Balaban J connectivity index is 1.56. The van der Waals surface area contributed by atoms with E-state index < -0.39 is 0 Å². The van der Waals surface area contributed by atoms with Gasteiger partial charge in [0.25, 0.3) is 0 Å². The molecule has 1 saturated heterocycles. The van der Waals surface area contributed by atoms with Crippen molar-refractivity contribution in [2.24, 2.45) is 0 Å². The molecule has 1 unspecified atom stereocenters. The molecular formula is C28H33NO2. The lowest BCUT2D eigenvalue weighted by molar-refractivity contribution is -0.0445. The first-order chi connectivity index (χ1) is 15.2. The van der Waals surface area contributed by atoms with Gasteiger partial charge in [0, 0.05) is 25.6 Å². The van der Waals surface area contributed by atoms with Crippen molar-refractivity contribution in [2.45, 2.75) is 44.9 Å². The van der Waals surface area contributed by atoms with Crippen molar-refractivity contribution < 1.29 is 9.47 Å². The molecule has 0 bridgehead atoms. The molecule has 3 aromatic carbocycles. The number of benzene rings is 3. The summed E-state index contributed by atoms with van der Waals surface area (Å²) in [6.07, 6.45) is 1.20. The van der Waals surface area contributed by atoms with Gasteiger partial charge in [0.2, 0.25) is 0 Å². The summed E-state index contributed by atoms with van der Waals surface area (Å²) in [6.45, 7) is 7.80. The first kappa shape index (κ1) is 21.6. The first-order valence-corrected chi connectivity index (χ1v) is 11.4. The van der Waals surface area contributed by atoms with Crippen molar-refractivity contribution >= 4 is 0 Å². The summed E-state index contributed by atoms with van der Waals surface area (Å²) in [5.74, 6) is 1.26. The van der Waals surface area contributed by atoms with Crippen LogP contribution in [0.25, 0.3) is 0 Å². The zero-order valence-corrected chi connectivity index (χ0v) is 18.6. The highest BCUT2D eigenvalue weighted by Crippen LogP contribution is 2.32. The van der Waals surface area contributed by atoms with Gasteiger partial charge in [-0.25, -0.2) is 0 Å². The SMILES string of the molecule is CC(C)Oc1ccccc1C[C@@H](c1ccccc1)C1CN(Cc2ccccc2)CCO1. The third-order valence-electron chi connectivity index (χ3n) is 5.88. The molecule has 1 fully saturated rings. The van der Waals surface area contributed by atoms with E-state index in [2.05, 4.69) is 104 Å². The second kappa shape index (κ2) is 10.6. The molecule has 1 heterocycles. The van der Waals surface area contributed by atoms with Crippen molar-refractivity contribution in [2.75, 3.05) is 19.7 Å². The highest BCUT2D eigenvalue weighted by Gasteiger charge is 2.30. The first-order valence-electron chi connectivity index (χ1n) is 11.4. The fraction of sp³-hybridized carbons (Fsp3) is 0.357. The molecule has 0 aliphatic carbocycles. The predicted octanol–water partition coefficient (Wildman–Crippen LogP) is 5.70. The predicted molar refractivity (Wildman–Crippen MR) is 127 cm³/mol. The van der Waals surface area contributed by atoms with Crippen LogP contribution in [-0.2, 0) is 17.7 Å². The largest absolute Gasteiger partial charge is 0.491 e. The Morgan fingerprint density at radius 3 is 2.32 bits per heavy atom. The summed E-state index contributed by atoms with van der Waals surface area (Å²) in [5, 5.41) is 0. The number of para-hydroxylation sites is 1. The highest BCUT2D eigenvalue weighted by molar-refractivity contribution is 5.36.